The lowest BCUT2D eigenvalue weighted by Crippen LogP contribution is -2.22. The molecule has 0 aliphatic heterocycles. The first-order valence-corrected chi connectivity index (χ1v) is 9.25. The summed E-state index contributed by atoms with van der Waals surface area (Å²) in [5, 5.41) is 2.77. The van der Waals surface area contributed by atoms with E-state index in [1.54, 1.807) is 19.1 Å². The average molecular weight is 426 g/mol. The van der Waals surface area contributed by atoms with Gasteiger partial charge < -0.3 is 20.5 Å². The van der Waals surface area contributed by atoms with Crippen LogP contribution in [0.5, 0.6) is 0 Å². The highest BCUT2D eigenvalue weighted by Crippen LogP contribution is 2.18. The number of esters is 2. The van der Waals surface area contributed by atoms with Crippen LogP contribution in [0.2, 0.25) is 5.15 Å². The minimum absolute atomic E-state index is 0.0412. The van der Waals surface area contributed by atoms with Crippen LogP contribution in [-0.4, -0.2) is 51.8 Å². The summed E-state index contributed by atoms with van der Waals surface area (Å²) in [6.45, 7) is 1.37. The molecule has 12 heteroatoms. The van der Waals surface area contributed by atoms with E-state index in [1.165, 1.54) is 12.4 Å². The lowest BCUT2D eigenvalue weighted by molar-refractivity contribution is -0.144. The number of nitrogens with two attached hydrogens (primary N) is 1. The van der Waals surface area contributed by atoms with Crippen molar-refractivity contribution in [2.75, 3.05) is 30.0 Å². The number of rotatable bonds is 8. The monoisotopic (exact) mass is 425 g/mol. The lowest BCUT2D eigenvalue weighted by atomic mass is 10.3. The third kappa shape index (κ3) is 6.35. The molecule has 28 heavy (non-hydrogen) atoms. The molecule has 0 spiro atoms. The number of hydrogen-bond acceptors (Lipinski definition) is 10. The molecule has 10 nitrogen and oxygen atoms in total. The van der Waals surface area contributed by atoms with Gasteiger partial charge in [-0.3, -0.25) is 9.59 Å². The first kappa shape index (κ1) is 21.4. The van der Waals surface area contributed by atoms with E-state index in [2.05, 4.69) is 20.3 Å². The molecule has 0 saturated carbocycles. The molecule has 0 aromatic carbocycles. The number of nitrogens with one attached hydrogen (secondary N) is 1. The second-order valence-electron chi connectivity index (χ2n) is 5.01. The van der Waals surface area contributed by atoms with Crippen LogP contribution in [0.25, 0.3) is 0 Å². The van der Waals surface area contributed by atoms with Crippen molar-refractivity contribution in [1.82, 2.24) is 15.0 Å². The quantitative estimate of drug-likeness (QED) is 0.276. The normalized spacial score (nSPS) is 10.2. The third-order valence-corrected chi connectivity index (χ3v) is 4.14. The molecule has 2 aromatic heterocycles. The molecule has 2 rings (SSSR count). The van der Waals surface area contributed by atoms with Crippen LogP contribution >= 0.6 is 23.4 Å². The molecular formula is C16H16ClN5O5S. The number of thioether (sulfide) groups is 1. The van der Waals surface area contributed by atoms with E-state index in [9.17, 15) is 14.4 Å². The van der Waals surface area contributed by atoms with Crippen LogP contribution in [0, 0.1) is 0 Å². The van der Waals surface area contributed by atoms with Crippen molar-refractivity contribution in [1.29, 1.82) is 0 Å². The van der Waals surface area contributed by atoms with Gasteiger partial charge in [0.15, 0.2) is 16.9 Å². The molecule has 0 unspecified atom stereocenters. The summed E-state index contributed by atoms with van der Waals surface area (Å²) in [5.74, 6) is -2.06. The van der Waals surface area contributed by atoms with Gasteiger partial charge in [0.2, 0.25) is 0 Å². The summed E-state index contributed by atoms with van der Waals surface area (Å²) in [6.07, 6.45) is 2.70. The molecule has 0 bridgehead atoms. The Labute approximate surface area is 169 Å². The molecule has 0 aliphatic rings. The maximum absolute atomic E-state index is 11.8. The minimum Gasteiger partial charge on any atom is -0.462 e. The topological polar surface area (TPSA) is 146 Å². The van der Waals surface area contributed by atoms with Gasteiger partial charge >= 0.3 is 11.9 Å². The van der Waals surface area contributed by atoms with Crippen LogP contribution in [0.3, 0.4) is 0 Å². The summed E-state index contributed by atoms with van der Waals surface area (Å²) in [7, 11) is 0. The zero-order chi connectivity index (χ0) is 20.5. The molecule has 148 valence electrons. The Hall–Kier alpha value is -2.92. The second kappa shape index (κ2) is 10.4. The smallest absolute Gasteiger partial charge is 0.343 e. The highest BCUT2D eigenvalue weighted by atomic mass is 35.5. The Morgan fingerprint density at radius 2 is 2.07 bits per heavy atom. The van der Waals surface area contributed by atoms with Crippen molar-refractivity contribution in [3.8, 4) is 0 Å². The first-order chi connectivity index (χ1) is 13.4. The van der Waals surface area contributed by atoms with Crippen molar-refractivity contribution in [2.24, 2.45) is 0 Å². The van der Waals surface area contributed by atoms with Crippen molar-refractivity contribution < 1.29 is 23.9 Å². The fourth-order valence-corrected chi connectivity index (χ4v) is 2.58. The molecule has 1 amide bonds. The number of nitrogen functional groups attached to an aromatic ring is 1. The van der Waals surface area contributed by atoms with E-state index >= 15 is 0 Å². The highest BCUT2D eigenvalue weighted by molar-refractivity contribution is 7.99. The van der Waals surface area contributed by atoms with Gasteiger partial charge in [-0.05, 0) is 19.1 Å². The van der Waals surface area contributed by atoms with Gasteiger partial charge in [0.25, 0.3) is 5.91 Å². The standard InChI is InChI=1S/C16H16ClN5O5S/c1-2-26-15(25)9-6-20-16(22-14(9)18)28-8-12(24)27-7-11(23)21-10-4-3-5-19-13(10)17/h3-6H,2,7-8H2,1H3,(H,21,23)(H2,18,20,22). The van der Waals surface area contributed by atoms with Crippen LogP contribution < -0.4 is 11.1 Å². The maximum Gasteiger partial charge on any atom is 0.343 e. The number of amides is 1. The summed E-state index contributed by atoms with van der Waals surface area (Å²) >= 11 is 6.76. The van der Waals surface area contributed by atoms with Crippen molar-refractivity contribution >= 4 is 52.7 Å². The van der Waals surface area contributed by atoms with Gasteiger partial charge in [-0.15, -0.1) is 0 Å². The van der Waals surface area contributed by atoms with Gasteiger partial charge in [-0.25, -0.2) is 19.7 Å². The Morgan fingerprint density at radius 1 is 1.29 bits per heavy atom. The van der Waals surface area contributed by atoms with E-state index in [0.29, 0.717) is 5.69 Å². The Bertz CT molecular complexity index is 882. The highest BCUT2D eigenvalue weighted by Gasteiger charge is 2.15. The van der Waals surface area contributed by atoms with Gasteiger partial charge in [0, 0.05) is 12.4 Å². The number of carbonyl (C=O) groups is 3. The average Bonchev–Trinajstić information content (AvgIpc) is 2.66. The van der Waals surface area contributed by atoms with Gasteiger partial charge in [-0.1, -0.05) is 23.4 Å². The predicted octanol–water partition coefficient (Wildman–Crippen LogP) is 1.56. The van der Waals surface area contributed by atoms with E-state index in [4.69, 9.17) is 26.8 Å². The number of hydrogen-bond donors (Lipinski definition) is 2. The fourth-order valence-electron chi connectivity index (χ4n) is 1.79. The van der Waals surface area contributed by atoms with E-state index < -0.39 is 24.5 Å². The fraction of sp³-hybridized carbons (Fsp3) is 0.250. The van der Waals surface area contributed by atoms with Crippen LogP contribution in [0.4, 0.5) is 11.5 Å². The number of anilines is 2. The van der Waals surface area contributed by atoms with Gasteiger partial charge in [0.05, 0.1) is 18.0 Å². The van der Waals surface area contributed by atoms with Gasteiger partial charge in [-0.2, -0.15) is 0 Å². The molecule has 2 heterocycles. The zero-order valence-corrected chi connectivity index (χ0v) is 16.2. The Morgan fingerprint density at radius 3 is 2.75 bits per heavy atom. The summed E-state index contributed by atoms with van der Waals surface area (Å²) in [6, 6.07) is 3.16. The number of aromatic nitrogens is 3. The second-order valence-corrected chi connectivity index (χ2v) is 6.31. The van der Waals surface area contributed by atoms with Crippen molar-refractivity contribution in [3.05, 3.63) is 35.2 Å². The largest absolute Gasteiger partial charge is 0.462 e. The number of carbonyl (C=O) groups excluding carboxylic acids is 3. The third-order valence-electron chi connectivity index (χ3n) is 3.01. The zero-order valence-electron chi connectivity index (χ0n) is 14.7. The molecule has 0 atom stereocenters. The number of ether oxygens (including phenoxy) is 2. The summed E-state index contributed by atoms with van der Waals surface area (Å²) in [4.78, 5) is 46.8. The lowest BCUT2D eigenvalue weighted by Gasteiger charge is -2.07. The molecule has 0 saturated heterocycles. The molecule has 2 aromatic rings. The van der Waals surface area contributed by atoms with Crippen molar-refractivity contribution in [3.63, 3.8) is 0 Å². The summed E-state index contributed by atoms with van der Waals surface area (Å²) in [5.41, 5.74) is 6.04. The molecular weight excluding hydrogens is 410 g/mol. The summed E-state index contributed by atoms with van der Waals surface area (Å²) < 4.78 is 9.69. The number of halogens is 1. The molecule has 0 aliphatic carbocycles. The maximum atomic E-state index is 11.8. The van der Waals surface area contributed by atoms with Crippen LogP contribution in [0.15, 0.2) is 29.7 Å². The predicted molar refractivity (Wildman–Crippen MR) is 102 cm³/mol. The van der Waals surface area contributed by atoms with E-state index in [0.717, 1.165) is 11.8 Å². The SMILES string of the molecule is CCOC(=O)c1cnc(SCC(=O)OCC(=O)Nc2cccnc2Cl)nc1N. The van der Waals surface area contributed by atoms with E-state index in [-0.39, 0.29) is 34.1 Å². The molecule has 0 fully saturated rings. The van der Waals surface area contributed by atoms with Crippen LogP contribution in [0.1, 0.15) is 17.3 Å². The Kier molecular flexibility index (Phi) is 7.96. The molecule has 3 N–H and O–H groups in total. The first-order valence-electron chi connectivity index (χ1n) is 7.89. The molecule has 0 radical (unpaired) electrons. The van der Waals surface area contributed by atoms with Crippen molar-refractivity contribution in [2.45, 2.75) is 12.1 Å². The van der Waals surface area contributed by atoms with Crippen LogP contribution in [-0.2, 0) is 19.1 Å². The van der Waals surface area contributed by atoms with E-state index in [1.807, 2.05) is 0 Å². The number of nitrogens with zero attached hydrogens (tertiary/aromatic N) is 3. The van der Waals surface area contributed by atoms with Gasteiger partial charge in [0.1, 0.15) is 11.4 Å². The Balaban J connectivity index is 1.79. The number of pyridine rings is 1. The minimum atomic E-state index is -0.658.